The van der Waals surface area contributed by atoms with Crippen molar-refractivity contribution in [3.05, 3.63) is 96.3 Å². The van der Waals surface area contributed by atoms with Gasteiger partial charge in [-0.1, -0.05) is 85.8 Å². The normalized spacial score (nSPS) is 11.4. The largest absolute Gasteiger partial charge is 0.493 e. The molecule has 0 spiro atoms. The smallest absolute Gasteiger partial charge is 0.244 e. The number of carbonyl (C=O) groups is 1. The summed E-state index contributed by atoms with van der Waals surface area (Å²) in [5.74, 6) is 1.97. The summed E-state index contributed by atoms with van der Waals surface area (Å²) in [5.41, 5.74) is 14.6. The average Bonchev–Trinajstić information content (AvgIpc) is 3.49. The number of rotatable bonds is 17. The van der Waals surface area contributed by atoms with Crippen molar-refractivity contribution in [2.75, 3.05) is 19.7 Å². The van der Waals surface area contributed by atoms with Gasteiger partial charge in [0, 0.05) is 24.2 Å². The molecule has 1 heterocycles. The van der Waals surface area contributed by atoms with Crippen molar-refractivity contribution in [1.29, 1.82) is 0 Å². The van der Waals surface area contributed by atoms with E-state index < -0.39 is 6.04 Å². The Balaban J connectivity index is 0.00000552. The molecule has 4 rings (SSSR count). The maximum absolute atomic E-state index is 13.3. The van der Waals surface area contributed by atoms with Crippen LogP contribution in [0.2, 0.25) is 0 Å². The van der Waals surface area contributed by atoms with Gasteiger partial charge in [0.1, 0.15) is 29.8 Å². The van der Waals surface area contributed by atoms with Gasteiger partial charge in [0.15, 0.2) is 5.96 Å². The van der Waals surface area contributed by atoms with Gasteiger partial charge in [0.25, 0.3) is 0 Å². The fraction of sp³-hybridized carbons (Fsp3) is 0.353. The first kappa shape index (κ1) is 34.9. The molecule has 240 valence electrons. The van der Waals surface area contributed by atoms with E-state index in [4.69, 9.17) is 20.9 Å². The Bertz CT molecular complexity index is 1490. The van der Waals surface area contributed by atoms with Crippen molar-refractivity contribution in [3.8, 4) is 22.6 Å². The number of para-hydroxylation sites is 2. The van der Waals surface area contributed by atoms with Crippen LogP contribution >= 0.6 is 12.4 Å². The van der Waals surface area contributed by atoms with Gasteiger partial charge in [-0.25, -0.2) is 4.68 Å². The zero-order valence-corrected chi connectivity index (χ0v) is 26.8. The number of nitrogens with zero attached hydrogens (tertiary/aromatic N) is 4. The standard InChI is InChI=1S/C34H43N7O3.ClH/c1-25(2)19-22-43-31-16-8-6-13-28(31)29-14-7-9-17-32(29)44-24-27-23-41(40-39-27)30(15-10-20-38-34(35)36)33(42)37-21-18-26-11-4-3-5-12-26;/h3-9,11-14,16-17,23,25,30H,10,15,18-22,24H2,1-2H3,(H,37,42)(H4,35,36,38);1H/t30-;/m1./s1. The first-order valence-corrected chi connectivity index (χ1v) is 15.1. The number of aromatic nitrogens is 3. The van der Waals surface area contributed by atoms with E-state index >= 15 is 0 Å². The van der Waals surface area contributed by atoms with Gasteiger partial charge in [-0.05, 0) is 49.3 Å². The van der Waals surface area contributed by atoms with Crippen LogP contribution in [-0.4, -0.2) is 46.6 Å². The highest BCUT2D eigenvalue weighted by Crippen LogP contribution is 2.36. The third kappa shape index (κ3) is 11.1. The lowest BCUT2D eigenvalue weighted by Gasteiger charge is -2.16. The number of hydrogen-bond acceptors (Lipinski definition) is 6. The molecule has 10 nitrogen and oxygen atoms in total. The molecule has 0 saturated carbocycles. The Morgan fingerprint density at radius 3 is 2.22 bits per heavy atom. The van der Waals surface area contributed by atoms with Crippen LogP contribution in [0.4, 0.5) is 0 Å². The Kier molecular flexibility index (Phi) is 14.2. The molecule has 0 saturated heterocycles. The first-order valence-electron chi connectivity index (χ1n) is 15.1. The van der Waals surface area contributed by atoms with Crippen LogP contribution in [0.25, 0.3) is 11.1 Å². The minimum absolute atomic E-state index is 0. The molecule has 0 fully saturated rings. The molecule has 1 amide bonds. The highest BCUT2D eigenvalue weighted by molar-refractivity contribution is 5.85. The zero-order chi connectivity index (χ0) is 31.1. The van der Waals surface area contributed by atoms with E-state index in [1.807, 2.05) is 78.9 Å². The molecule has 0 aliphatic carbocycles. The summed E-state index contributed by atoms with van der Waals surface area (Å²) in [6, 6.07) is 25.3. The van der Waals surface area contributed by atoms with Crippen LogP contribution in [0.15, 0.2) is 90.1 Å². The SMILES string of the molecule is CC(C)CCOc1ccccc1-c1ccccc1OCc1cn([C@H](CCCN=C(N)N)C(=O)NCCc2ccccc2)nn1.Cl. The summed E-state index contributed by atoms with van der Waals surface area (Å²) < 4.78 is 14.0. The molecule has 0 aliphatic rings. The van der Waals surface area contributed by atoms with E-state index in [0.29, 0.717) is 49.9 Å². The zero-order valence-electron chi connectivity index (χ0n) is 26.0. The second-order valence-electron chi connectivity index (χ2n) is 11.0. The van der Waals surface area contributed by atoms with E-state index in [1.165, 1.54) is 0 Å². The van der Waals surface area contributed by atoms with Crippen LogP contribution in [0.1, 0.15) is 50.4 Å². The van der Waals surface area contributed by atoms with Crippen LogP contribution < -0.4 is 26.3 Å². The lowest BCUT2D eigenvalue weighted by molar-refractivity contribution is -0.124. The Labute approximate surface area is 271 Å². The van der Waals surface area contributed by atoms with E-state index in [1.54, 1.807) is 10.9 Å². The molecule has 0 aliphatic heterocycles. The van der Waals surface area contributed by atoms with E-state index in [-0.39, 0.29) is 30.9 Å². The quantitative estimate of drug-likeness (QED) is 0.0811. The monoisotopic (exact) mass is 633 g/mol. The van der Waals surface area contributed by atoms with Crippen LogP contribution in [0, 0.1) is 5.92 Å². The first-order chi connectivity index (χ1) is 21.4. The number of nitrogens with two attached hydrogens (primary N) is 2. The lowest BCUT2D eigenvalue weighted by atomic mass is 10.0. The van der Waals surface area contributed by atoms with Crippen molar-refractivity contribution in [1.82, 2.24) is 20.3 Å². The summed E-state index contributed by atoms with van der Waals surface area (Å²) in [5, 5.41) is 11.6. The second-order valence-corrected chi connectivity index (χ2v) is 11.0. The van der Waals surface area contributed by atoms with Crippen molar-refractivity contribution >= 4 is 24.3 Å². The fourth-order valence-electron chi connectivity index (χ4n) is 4.69. The molecular formula is C34H44ClN7O3. The number of guanidine groups is 1. The minimum Gasteiger partial charge on any atom is -0.493 e. The lowest BCUT2D eigenvalue weighted by Crippen LogP contribution is -2.34. The molecule has 0 unspecified atom stereocenters. The predicted molar refractivity (Wildman–Crippen MR) is 181 cm³/mol. The summed E-state index contributed by atoms with van der Waals surface area (Å²) in [4.78, 5) is 17.3. The van der Waals surface area contributed by atoms with Gasteiger partial charge < -0.3 is 26.3 Å². The van der Waals surface area contributed by atoms with Crippen LogP contribution in [0.5, 0.6) is 11.5 Å². The summed E-state index contributed by atoms with van der Waals surface area (Å²) >= 11 is 0. The summed E-state index contributed by atoms with van der Waals surface area (Å²) in [6.07, 6.45) is 4.56. The highest BCUT2D eigenvalue weighted by Gasteiger charge is 2.22. The van der Waals surface area contributed by atoms with Gasteiger partial charge in [-0.2, -0.15) is 0 Å². The van der Waals surface area contributed by atoms with Gasteiger partial charge in [-0.3, -0.25) is 9.79 Å². The maximum atomic E-state index is 13.3. The minimum atomic E-state index is -0.566. The second kappa shape index (κ2) is 18.3. The van der Waals surface area contributed by atoms with Gasteiger partial charge in [-0.15, -0.1) is 17.5 Å². The topological polar surface area (TPSA) is 143 Å². The fourth-order valence-corrected chi connectivity index (χ4v) is 4.69. The Hall–Kier alpha value is -4.57. The number of carbonyl (C=O) groups excluding carboxylic acids is 1. The van der Waals surface area contributed by atoms with Crippen molar-refractivity contribution in [3.63, 3.8) is 0 Å². The summed E-state index contributed by atoms with van der Waals surface area (Å²) in [7, 11) is 0. The van der Waals surface area contributed by atoms with E-state index in [2.05, 4.69) is 34.5 Å². The van der Waals surface area contributed by atoms with E-state index in [0.717, 1.165) is 35.3 Å². The number of nitrogens with one attached hydrogen (secondary N) is 1. The van der Waals surface area contributed by atoms with Crippen molar-refractivity contribution in [2.45, 2.75) is 52.2 Å². The molecule has 1 aromatic heterocycles. The number of ether oxygens (including phenoxy) is 2. The maximum Gasteiger partial charge on any atom is 0.244 e. The van der Waals surface area contributed by atoms with Crippen LogP contribution in [0.3, 0.4) is 0 Å². The molecule has 5 N–H and O–H groups in total. The number of halogens is 1. The number of hydrogen-bond donors (Lipinski definition) is 3. The molecule has 3 aromatic carbocycles. The number of aliphatic imine (C=N–C) groups is 1. The molecule has 1 atom stereocenters. The van der Waals surface area contributed by atoms with Crippen molar-refractivity contribution < 1.29 is 14.3 Å². The third-order valence-corrected chi connectivity index (χ3v) is 7.06. The Morgan fingerprint density at radius 1 is 0.911 bits per heavy atom. The Morgan fingerprint density at radius 2 is 1.56 bits per heavy atom. The third-order valence-electron chi connectivity index (χ3n) is 7.06. The van der Waals surface area contributed by atoms with Gasteiger partial charge >= 0.3 is 0 Å². The average molecular weight is 634 g/mol. The summed E-state index contributed by atoms with van der Waals surface area (Å²) in [6.45, 7) is 6.12. The molecule has 0 radical (unpaired) electrons. The van der Waals surface area contributed by atoms with E-state index in [9.17, 15) is 4.79 Å². The predicted octanol–water partition coefficient (Wildman–Crippen LogP) is 5.32. The molecule has 45 heavy (non-hydrogen) atoms. The molecular weight excluding hydrogens is 590 g/mol. The molecule has 11 heteroatoms. The van der Waals surface area contributed by atoms with Gasteiger partial charge in [0.05, 0.1) is 12.8 Å². The molecule has 0 bridgehead atoms. The number of benzene rings is 3. The van der Waals surface area contributed by atoms with Crippen molar-refractivity contribution in [2.24, 2.45) is 22.4 Å². The highest BCUT2D eigenvalue weighted by atomic mass is 35.5. The molecule has 4 aromatic rings. The van der Waals surface area contributed by atoms with Gasteiger partial charge in [0.2, 0.25) is 5.91 Å². The number of amides is 1. The van der Waals surface area contributed by atoms with Crippen LogP contribution in [-0.2, 0) is 17.8 Å².